The van der Waals surface area contributed by atoms with Crippen LogP contribution in [0.2, 0.25) is 5.02 Å². The second-order valence-corrected chi connectivity index (χ2v) is 3.82. The molecule has 0 saturated carbocycles. The molecular weight excluding hydrogens is 242 g/mol. The van der Waals surface area contributed by atoms with Gasteiger partial charge in [-0.1, -0.05) is 23.7 Å². The van der Waals surface area contributed by atoms with Gasteiger partial charge in [0.1, 0.15) is 0 Å². The molecule has 2 N–H and O–H groups in total. The number of carboxylic acids is 1. The van der Waals surface area contributed by atoms with Crippen LogP contribution in [0.15, 0.2) is 41.0 Å². The van der Waals surface area contributed by atoms with Crippen LogP contribution >= 0.6 is 11.6 Å². The van der Waals surface area contributed by atoms with E-state index < -0.39 is 5.97 Å². The molecule has 0 fully saturated rings. The fraction of sp³-hybridized carbons (Fsp3) is 0.0833. The van der Waals surface area contributed by atoms with Crippen molar-refractivity contribution in [2.24, 2.45) is 0 Å². The number of hydrogen-bond acceptors (Lipinski definition) is 3. The van der Waals surface area contributed by atoms with Crippen LogP contribution < -0.4 is 5.32 Å². The van der Waals surface area contributed by atoms with E-state index >= 15 is 0 Å². The summed E-state index contributed by atoms with van der Waals surface area (Å²) in [6.45, 7) is 0.349. The molecule has 0 bridgehead atoms. The van der Waals surface area contributed by atoms with Gasteiger partial charge in [0.2, 0.25) is 5.76 Å². The number of hydrogen-bond donors (Lipinski definition) is 2. The third-order valence-electron chi connectivity index (χ3n) is 2.28. The third-order valence-corrected chi connectivity index (χ3v) is 2.61. The zero-order valence-corrected chi connectivity index (χ0v) is 9.57. The predicted molar refractivity (Wildman–Crippen MR) is 64.4 cm³/mol. The largest absolute Gasteiger partial charge is 0.475 e. The lowest BCUT2D eigenvalue weighted by Gasteiger charge is -2.06. The van der Waals surface area contributed by atoms with Gasteiger partial charge in [-0.15, -0.1) is 0 Å². The Balaban J connectivity index is 2.10. The van der Waals surface area contributed by atoms with E-state index in [4.69, 9.17) is 21.1 Å². The van der Waals surface area contributed by atoms with Crippen molar-refractivity contribution in [1.82, 2.24) is 0 Å². The second kappa shape index (κ2) is 4.93. The van der Waals surface area contributed by atoms with Gasteiger partial charge < -0.3 is 14.8 Å². The van der Waals surface area contributed by atoms with E-state index in [2.05, 4.69) is 5.32 Å². The summed E-state index contributed by atoms with van der Waals surface area (Å²) in [5.74, 6) is -1.13. The minimum absolute atomic E-state index is 0.0513. The molecule has 2 rings (SSSR count). The molecule has 0 amide bonds. The fourth-order valence-corrected chi connectivity index (χ4v) is 1.66. The molecule has 0 atom stereocenters. The van der Waals surface area contributed by atoms with E-state index in [1.165, 1.54) is 6.26 Å². The summed E-state index contributed by atoms with van der Waals surface area (Å²) in [6, 6.07) is 8.88. The van der Waals surface area contributed by atoms with E-state index in [-0.39, 0.29) is 5.76 Å². The average molecular weight is 252 g/mol. The molecule has 5 heteroatoms. The smallest absolute Gasteiger partial charge is 0.372 e. The highest BCUT2D eigenvalue weighted by molar-refractivity contribution is 6.33. The maximum atomic E-state index is 10.8. The number of aromatic carboxylic acids is 1. The Kier molecular flexibility index (Phi) is 3.35. The summed E-state index contributed by atoms with van der Waals surface area (Å²) < 4.78 is 4.87. The number of rotatable bonds is 4. The molecule has 2 aromatic rings. The standard InChI is InChI=1S/C12H10ClNO3/c13-9-3-1-2-4-10(9)14-7-8-5-6-17-11(8)12(15)16/h1-6,14H,7H2,(H,15,16). The Bertz CT molecular complexity index is 536. The Morgan fingerprint density at radius 3 is 2.82 bits per heavy atom. The van der Waals surface area contributed by atoms with Crippen LogP contribution in [-0.2, 0) is 6.54 Å². The van der Waals surface area contributed by atoms with Gasteiger partial charge in [-0.25, -0.2) is 4.79 Å². The van der Waals surface area contributed by atoms with Crippen LogP contribution in [0.4, 0.5) is 5.69 Å². The van der Waals surface area contributed by atoms with E-state index in [9.17, 15) is 4.79 Å². The Morgan fingerprint density at radius 1 is 1.35 bits per heavy atom. The number of furan rings is 1. The van der Waals surface area contributed by atoms with Crippen molar-refractivity contribution in [3.63, 3.8) is 0 Å². The molecular formula is C12H10ClNO3. The Hall–Kier alpha value is -1.94. The molecule has 0 aliphatic rings. The third kappa shape index (κ3) is 2.60. The Labute approximate surface area is 103 Å². The molecule has 0 unspecified atom stereocenters. The number of anilines is 1. The predicted octanol–water partition coefficient (Wildman–Crippen LogP) is 3.24. The van der Waals surface area contributed by atoms with Crippen molar-refractivity contribution >= 4 is 23.3 Å². The van der Waals surface area contributed by atoms with E-state index in [1.807, 2.05) is 18.2 Å². The first-order valence-corrected chi connectivity index (χ1v) is 5.34. The van der Waals surface area contributed by atoms with Gasteiger partial charge in [0, 0.05) is 12.1 Å². The van der Waals surface area contributed by atoms with E-state index in [1.54, 1.807) is 12.1 Å². The normalized spacial score (nSPS) is 10.2. The first kappa shape index (κ1) is 11.5. The van der Waals surface area contributed by atoms with Gasteiger partial charge in [0.15, 0.2) is 0 Å². The van der Waals surface area contributed by atoms with Gasteiger partial charge in [-0.2, -0.15) is 0 Å². The van der Waals surface area contributed by atoms with Crippen molar-refractivity contribution in [1.29, 1.82) is 0 Å². The van der Waals surface area contributed by atoms with Crippen molar-refractivity contribution in [3.05, 3.63) is 52.9 Å². The highest BCUT2D eigenvalue weighted by Gasteiger charge is 2.13. The molecule has 4 nitrogen and oxygen atoms in total. The highest BCUT2D eigenvalue weighted by Crippen LogP contribution is 2.22. The topological polar surface area (TPSA) is 62.5 Å². The molecule has 0 radical (unpaired) electrons. The monoisotopic (exact) mass is 251 g/mol. The van der Waals surface area contributed by atoms with Crippen LogP contribution in [0, 0.1) is 0 Å². The van der Waals surface area contributed by atoms with Crippen LogP contribution in [0.1, 0.15) is 16.1 Å². The molecule has 1 aromatic heterocycles. The first-order chi connectivity index (χ1) is 8.18. The maximum Gasteiger partial charge on any atom is 0.372 e. The summed E-state index contributed by atoms with van der Waals surface area (Å²) in [5.41, 5.74) is 1.34. The number of nitrogens with one attached hydrogen (secondary N) is 1. The molecule has 0 spiro atoms. The molecule has 0 aliphatic carbocycles. The molecule has 0 aliphatic heterocycles. The second-order valence-electron chi connectivity index (χ2n) is 3.41. The molecule has 0 saturated heterocycles. The first-order valence-electron chi connectivity index (χ1n) is 4.96. The minimum Gasteiger partial charge on any atom is -0.475 e. The van der Waals surface area contributed by atoms with Crippen LogP contribution in [0.3, 0.4) is 0 Å². The van der Waals surface area contributed by atoms with E-state index in [0.29, 0.717) is 17.1 Å². The summed E-state index contributed by atoms with van der Waals surface area (Å²) in [6.07, 6.45) is 1.35. The fourth-order valence-electron chi connectivity index (χ4n) is 1.46. The molecule has 88 valence electrons. The van der Waals surface area contributed by atoms with Crippen molar-refractivity contribution < 1.29 is 14.3 Å². The van der Waals surface area contributed by atoms with Crippen molar-refractivity contribution in [2.75, 3.05) is 5.32 Å². The number of halogens is 1. The quantitative estimate of drug-likeness (QED) is 0.876. The summed E-state index contributed by atoms with van der Waals surface area (Å²) in [7, 11) is 0. The van der Waals surface area contributed by atoms with Crippen LogP contribution in [0.25, 0.3) is 0 Å². The SMILES string of the molecule is O=C(O)c1occc1CNc1ccccc1Cl. The number of benzene rings is 1. The average Bonchev–Trinajstić information content (AvgIpc) is 2.76. The van der Waals surface area contributed by atoms with Gasteiger partial charge in [-0.05, 0) is 18.2 Å². The number of para-hydroxylation sites is 1. The summed E-state index contributed by atoms with van der Waals surface area (Å²) >= 11 is 5.96. The van der Waals surface area contributed by atoms with Crippen molar-refractivity contribution in [3.8, 4) is 0 Å². The van der Waals surface area contributed by atoms with Crippen LogP contribution in [0.5, 0.6) is 0 Å². The van der Waals surface area contributed by atoms with Crippen LogP contribution in [-0.4, -0.2) is 11.1 Å². The van der Waals surface area contributed by atoms with Crippen molar-refractivity contribution in [2.45, 2.75) is 6.54 Å². The highest BCUT2D eigenvalue weighted by atomic mass is 35.5. The minimum atomic E-state index is -1.08. The lowest BCUT2D eigenvalue weighted by atomic mass is 10.2. The molecule has 1 aromatic carbocycles. The maximum absolute atomic E-state index is 10.8. The molecule has 17 heavy (non-hydrogen) atoms. The lowest BCUT2D eigenvalue weighted by molar-refractivity contribution is 0.0661. The van der Waals surface area contributed by atoms with Gasteiger partial charge >= 0.3 is 5.97 Å². The Morgan fingerprint density at radius 2 is 2.12 bits per heavy atom. The molecule has 1 heterocycles. The lowest BCUT2D eigenvalue weighted by Crippen LogP contribution is -2.04. The van der Waals surface area contributed by atoms with Gasteiger partial charge in [0.25, 0.3) is 0 Å². The number of carboxylic acid groups (broad SMARTS) is 1. The van der Waals surface area contributed by atoms with Gasteiger partial charge in [0.05, 0.1) is 17.0 Å². The zero-order valence-electron chi connectivity index (χ0n) is 8.81. The van der Waals surface area contributed by atoms with E-state index in [0.717, 1.165) is 5.69 Å². The van der Waals surface area contributed by atoms with Gasteiger partial charge in [-0.3, -0.25) is 0 Å². The zero-order chi connectivity index (χ0) is 12.3. The summed E-state index contributed by atoms with van der Waals surface area (Å²) in [5, 5.41) is 12.5. The number of carbonyl (C=O) groups is 1. The summed E-state index contributed by atoms with van der Waals surface area (Å²) in [4.78, 5) is 10.8.